The molecular weight excluding hydrogens is 680 g/mol. The Kier molecular flexibility index (Phi) is 13.3. The normalized spacial score (nSPS) is 48.7. The number of aliphatic hydroxyl groups excluding tert-OH is 2. The number of epoxide rings is 1. The Morgan fingerprint density at radius 2 is 1.56 bits per heavy atom. The van der Waals surface area contributed by atoms with Gasteiger partial charge >= 0.3 is 12.1 Å². The summed E-state index contributed by atoms with van der Waals surface area (Å²) in [6.07, 6.45) is -1.19. The molecule has 1 saturated carbocycles. The molecule has 4 heterocycles. The van der Waals surface area contributed by atoms with E-state index in [1.165, 1.54) is 20.3 Å². The molecule has 5 aliphatic rings. The van der Waals surface area contributed by atoms with Gasteiger partial charge in [0.05, 0.1) is 31.0 Å². The number of aliphatic hydroxyl groups is 2. The molecule has 5 rings (SSSR count). The molecule has 0 aromatic heterocycles. The lowest BCUT2D eigenvalue weighted by atomic mass is 9.72. The average Bonchev–Trinajstić information content (AvgIpc) is 3.79. The molecular formula is C38H58O14. The van der Waals surface area contributed by atoms with E-state index < -0.39 is 84.9 Å². The predicted octanol–water partition coefficient (Wildman–Crippen LogP) is 3.29. The highest BCUT2D eigenvalue weighted by atomic mass is 16.8. The second-order valence-electron chi connectivity index (χ2n) is 15.6. The van der Waals surface area contributed by atoms with Gasteiger partial charge in [0.15, 0.2) is 17.7 Å². The molecule has 14 heteroatoms. The van der Waals surface area contributed by atoms with Gasteiger partial charge in [0, 0.05) is 38.0 Å². The summed E-state index contributed by atoms with van der Waals surface area (Å²) in [5.41, 5.74) is -1.23. The van der Waals surface area contributed by atoms with Crippen molar-refractivity contribution in [2.75, 3.05) is 20.8 Å². The molecule has 4 aliphatic heterocycles. The molecule has 0 aromatic carbocycles. The highest BCUT2D eigenvalue weighted by Crippen LogP contribution is 2.45. The fraction of sp³-hybridized carbons (Fsp3) is 0.816. The number of ketones is 1. The second-order valence-corrected chi connectivity index (χ2v) is 15.6. The van der Waals surface area contributed by atoms with Crippen LogP contribution in [0.5, 0.6) is 0 Å². The molecule has 0 aromatic rings. The molecule has 3 saturated heterocycles. The van der Waals surface area contributed by atoms with Crippen LogP contribution < -0.4 is 0 Å². The van der Waals surface area contributed by atoms with Gasteiger partial charge < -0.3 is 52.8 Å². The summed E-state index contributed by atoms with van der Waals surface area (Å²) in [5.74, 6) is -1.86. The summed E-state index contributed by atoms with van der Waals surface area (Å²) in [6, 6.07) is 0. The number of esters is 1. The monoisotopic (exact) mass is 738 g/mol. The van der Waals surface area contributed by atoms with Crippen molar-refractivity contribution in [3.05, 3.63) is 24.3 Å². The van der Waals surface area contributed by atoms with Crippen LogP contribution >= 0.6 is 0 Å². The van der Waals surface area contributed by atoms with Crippen LogP contribution in [0.2, 0.25) is 0 Å². The van der Waals surface area contributed by atoms with Gasteiger partial charge in [-0.3, -0.25) is 4.79 Å². The standard InChI is InChI=1S/C38H58O14/c1-18-14-28(35(42)38(16-18)24(7)49-37(43)52-38)51-31-19(2)10-13-29(40)47-22(5)25(32-27(50-32)12-11-26(39)20(3)15-21(31)4)17-46-36-34(45-9)33(44-8)30(41)23(6)48-36/h10-13,18-25,27-28,30-36,41-42H,14-17H2,1-9H3/b12-11+,13-10+. The van der Waals surface area contributed by atoms with Gasteiger partial charge in [-0.05, 0) is 64.0 Å². The molecule has 1 aliphatic carbocycles. The lowest BCUT2D eigenvalue weighted by molar-refractivity contribution is -0.305. The quantitative estimate of drug-likeness (QED) is 0.287. The third-order valence-corrected chi connectivity index (χ3v) is 11.6. The number of fused-ring (bicyclic) bond motifs is 1. The van der Waals surface area contributed by atoms with Gasteiger partial charge in [0.2, 0.25) is 0 Å². The Labute approximate surface area is 306 Å². The van der Waals surface area contributed by atoms with Crippen LogP contribution in [0.3, 0.4) is 0 Å². The number of hydrogen-bond donors (Lipinski definition) is 2. The maximum atomic E-state index is 13.4. The number of allylic oxidation sites excluding steroid dienone is 1. The van der Waals surface area contributed by atoms with E-state index in [0.717, 1.165) is 0 Å². The maximum Gasteiger partial charge on any atom is 0.509 e. The number of cyclic esters (lactones) is 2. The maximum absolute atomic E-state index is 13.4. The van der Waals surface area contributed by atoms with E-state index in [4.69, 9.17) is 42.6 Å². The highest BCUT2D eigenvalue weighted by molar-refractivity contribution is 5.91. The van der Waals surface area contributed by atoms with Gasteiger partial charge in [-0.15, -0.1) is 0 Å². The van der Waals surface area contributed by atoms with E-state index in [9.17, 15) is 24.6 Å². The Hall–Kier alpha value is -2.43. The number of carbonyl (C=O) groups is 3. The number of rotatable bonds is 7. The summed E-state index contributed by atoms with van der Waals surface area (Å²) < 4.78 is 52.7. The van der Waals surface area contributed by atoms with Crippen LogP contribution in [0.4, 0.5) is 4.79 Å². The zero-order valence-electron chi connectivity index (χ0n) is 31.7. The molecule has 0 bridgehead atoms. The van der Waals surface area contributed by atoms with Crippen LogP contribution in [-0.2, 0) is 52.2 Å². The van der Waals surface area contributed by atoms with E-state index in [2.05, 4.69) is 0 Å². The third kappa shape index (κ3) is 8.75. The number of methoxy groups -OCH3 is 2. The molecule has 1 spiro atoms. The molecule has 52 heavy (non-hydrogen) atoms. The van der Waals surface area contributed by atoms with Crippen molar-refractivity contribution in [1.29, 1.82) is 0 Å². The topological polar surface area (TPSA) is 178 Å². The zero-order chi connectivity index (χ0) is 38.1. The summed E-state index contributed by atoms with van der Waals surface area (Å²) in [4.78, 5) is 38.8. The molecule has 14 nitrogen and oxygen atoms in total. The predicted molar refractivity (Wildman–Crippen MR) is 184 cm³/mol. The van der Waals surface area contributed by atoms with Crippen molar-refractivity contribution in [3.8, 4) is 0 Å². The van der Waals surface area contributed by atoms with E-state index in [1.807, 2.05) is 27.7 Å². The van der Waals surface area contributed by atoms with Crippen molar-refractivity contribution in [2.45, 2.75) is 147 Å². The van der Waals surface area contributed by atoms with Crippen molar-refractivity contribution in [1.82, 2.24) is 0 Å². The lowest BCUT2D eigenvalue weighted by Crippen LogP contribution is -2.60. The summed E-state index contributed by atoms with van der Waals surface area (Å²) in [5, 5.41) is 22.2. The summed E-state index contributed by atoms with van der Waals surface area (Å²) >= 11 is 0. The minimum atomic E-state index is -1.23. The van der Waals surface area contributed by atoms with Gasteiger partial charge in [0.25, 0.3) is 0 Å². The molecule has 0 radical (unpaired) electrons. The van der Waals surface area contributed by atoms with Crippen molar-refractivity contribution < 1.29 is 67.2 Å². The first-order valence-corrected chi connectivity index (χ1v) is 18.6. The number of ether oxygens (including phenoxy) is 9. The van der Waals surface area contributed by atoms with Gasteiger partial charge in [-0.1, -0.05) is 33.8 Å². The lowest BCUT2D eigenvalue weighted by Gasteiger charge is -2.46. The minimum Gasteiger partial charge on any atom is -0.459 e. The second kappa shape index (κ2) is 16.9. The van der Waals surface area contributed by atoms with Gasteiger partial charge in [-0.25, -0.2) is 9.59 Å². The van der Waals surface area contributed by atoms with E-state index in [1.54, 1.807) is 39.0 Å². The third-order valence-electron chi connectivity index (χ3n) is 11.6. The Balaban J connectivity index is 1.34. The first-order valence-electron chi connectivity index (χ1n) is 18.6. The fourth-order valence-corrected chi connectivity index (χ4v) is 8.50. The molecule has 18 unspecified atom stereocenters. The summed E-state index contributed by atoms with van der Waals surface area (Å²) in [7, 11) is 2.97. The first-order chi connectivity index (χ1) is 24.6. The Morgan fingerprint density at radius 1 is 0.846 bits per heavy atom. The first kappa shape index (κ1) is 40.7. The highest BCUT2D eigenvalue weighted by Gasteiger charge is 2.60. The van der Waals surface area contributed by atoms with Gasteiger partial charge in [0.1, 0.15) is 42.7 Å². The number of carbonyl (C=O) groups excluding carboxylic acids is 3. The SMILES string of the molecule is COC1C(OCC2C(C)OC(=O)/C=C/C(C)C(OC3CC(C)CC4(OC(=O)OC4C)C3O)C(C)CC(C)C(=O)/C=C/C3OC32)OC(C)C(O)C1OC. The van der Waals surface area contributed by atoms with Crippen LogP contribution in [0.1, 0.15) is 67.7 Å². The van der Waals surface area contributed by atoms with Crippen molar-refractivity contribution in [3.63, 3.8) is 0 Å². The van der Waals surface area contributed by atoms with Crippen LogP contribution in [0.15, 0.2) is 24.3 Å². The van der Waals surface area contributed by atoms with Crippen LogP contribution in [0, 0.1) is 29.6 Å². The van der Waals surface area contributed by atoms with E-state index >= 15 is 0 Å². The molecule has 2 N–H and O–H groups in total. The zero-order valence-corrected chi connectivity index (χ0v) is 31.7. The van der Waals surface area contributed by atoms with E-state index in [-0.39, 0.29) is 48.3 Å². The van der Waals surface area contributed by atoms with Crippen molar-refractivity contribution in [2.24, 2.45) is 29.6 Å². The average molecular weight is 739 g/mol. The molecule has 4 fully saturated rings. The largest absolute Gasteiger partial charge is 0.509 e. The minimum absolute atomic E-state index is 0.0617. The summed E-state index contributed by atoms with van der Waals surface area (Å²) in [6.45, 7) is 13.1. The van der Waals surface area contributed by atoms with Crippen LogP contribution in [0.25, 0.3) is 0 Å². The van der Waals surface area contributed by atoms with Crippen LogP contribution in [-0.4, -0.2) is 128 Å². The van der Waals surface area contributed by atoms with Gasteiger partial charge in [-0.2, -0.15) is 0 Å². The Morgan fingerprint density at radius 3 is 2.21 bits per heavy atom. The number of hydrogen-bond acceptors (Lipinski definition) is 14. The van der Waals surface area contributed by atoms with Crippen molar-refractivity contribution >= 4 is 17.9 Å². The fourth-order valence-electron chi connectivity index (χ4n) is 8.50. The Bertz CT molecular complexity index is 1320. The van der Waals surface area contributed by atoms with E-state index in [0.29, 0.717) is 19.3 Å². The molecule has 18 atom stereocenters. The molecule has 294 valence electrons. The smallest absolute Gasteiger partial charge is 0.459 e. The molecule has 0 amide bonds.